The van der Waals surface area contributed by atoms with E-state index in [-0.39, 0.29) is 12.4 Å². The van der Waals surface area contributed by atoms with Gasteiger partial charge in [0.15, 0.2) is 18.1 Å². The molecule has 1 aliphatic heterocycles. The van der Waals surface area contributed by atoms with Crippen LogP contribution in [0.1, 0.15) is 11.4 Å². The van der Waals surface area contributed by atoms with Gasteiger partial charge < -0.3 is 34.5 Å². The quantitative estimate of drug-likeness (QED) is 0.262. The number of ether oxygens (including phenoxy) is 3. The molecule has 4 rings (SSSR count). The lowest BCUT2D eigenvalue weighted by Crippen LogP contribution is -2.36. The highest BCUT2D eigenvalue weighted by Crippen LogP contribution is 2.31. The number of benzene rings is 2. The maximum Gasteiger partial charge on any atom is 0.395 e. The normalized spacial score (nSPS) is 13.3. The van der Waals surface area contributed by atoms with E-state index in [1.165, 1.54) is 19.3 Å². The highest BCUT2D eigenvalue weighted by Gasteiger charge is 2.21. The number of nitrogens with zero attached hydrogens (tertiary/aromatic N) is 3. The van der Waals surface area contributed by atoms with E-state index in [1.807, 2.05) is 6.07 Å². The van der Waals surface area contributed by atoms with E-state index in [0.717, 1.165) is 18.8 Å². The van der Waals surface area contributed by atoms with E-state index in [0.29, 0.717) is 41.0 Å². The lowest BCUT2D eigenvalue weighted by Gasteiger charge is -2.29. The van der Waals surface area contributed by atoms with Gasteiger partial charge in [-0.05, 0) is 42.0 Å². The largest absolute Gasteiger partial charge is 0.493 e. The third-order valence-corrected chi connectivity index (χ3v) is 5.94. The van der Waals surface area contributed by atoms with Crippen LogP contribution in [0, 0.1) is 10.1 Å². The standard InChI is InChI=1S/C25H24ClN5O8/c1-37-20-12-15(3-7-21-28-24(33)23(31(35)36)25(34)29-21)2-6-19(20)39-14-22(32)27-16-4-5-18(17(26)13-16)30-8-10-38-11-9-30/h2-7,12-13H,8-11,14H2,1H3,(H,27,32)(H2,28,29,33,34)/b7-3+. The summed E-state index contributed by atoms with van der Waals surface area (Å²) >= 11 is 6.43. The Morgan fingerprint density at radius 3 is 2.69 bits per heavy atom. The van der Waals surface area contributed by atoms with Gasteiger partial charge in [-0.3, -0.25) is 19.7 Å². The van der Waals surface area contributed by atoms with Gasteiger partial charge >= 0.3 is 11.2 Å². The lowest BCUT2D eigenvalue weighted by atomic mass is 10.2. The molecule has 0 radical (unpaired) electrons. The summed E-state index contributed by atoms with van der Waals surface area (Å²) in [6.45, 7) is 2.46. The first-order valence-electron chi connectivity index (χ1n) is 11.6. The zero-order valence-electron chi connectivity index (χ0n) is 20.7. The molecule has 1 aromatic heterocycles. The van der Waals surface area contributed by atoms with Gasteiger partial charge in [0.05, 0.1) is 36.0 Å². The molecular weight excluding hydrogens is 534 g/mol. The minimum absolute atomic E-state index is 0.0860. The second-order valence-electron chi connectivity index (χ2n) is 8.23. The molecular formula is C25H24ClN5O8. The van der Waals surface area contributed by atoms with Crippen LogP contribution in [0.25, 0.3) is 12.2 Å². The molecule has 14 heteroatoms. The van der Waals surface area contributed by atoms with Crippen molar-refractivity contribution >= 4 is 46.7 Å². The number of H-pyrrole nitrogens is 1. The van der Waals surface area contributed by atoms with Crippen LogP contribution < -0.4 is 25.2 Å². The molecule has 0 bridgehead atoms. The van der Waals surface area contributed by atoms with Crippen molar-refractivity contribution in [2.45, 2.75) is 0 Å². The average molecular weight is 558 g/mol. The molecule has 0 spiro atoms. The molecule has 1 aliphatic rings. The van der Waals surface area contributed by atoms with Crippen LogP contribution in [-0.2, 0) is 9.53 Å². The fourth-order valence-corrected chi connectivity index (χ4v) is 4.08. The Balaban J connectivity index is 1.37. The molecule has 13 nitrogen and oxygen atoms in total. The summed E-state index contributed by atoms with van der Waals surface area (Å²) in [6, 6.07) is 10.1. The first kappa shape index (κ1) is 27.4. The first-order valence-corrected chi connectivity index (χ1v) is 12.0. The number of rotatable bonds is 9. The zero-order valence-corrected chi connectivity index (χ0v) is 21.4. The van der Waals surface area contributed by atoms with Crippen molar-refractivity contribution in [3.63, 3.8) is 0 Å². The second-order valence-corrected chi connectivity index (χ2v) is 8.63. The predicted molar refractivity (Wildman–Crippen MR) is 144 cm³/mol. The molecule has 1 amide bonds. The molecule has 3 aromatic rings. The second kappa shape index (κ2) is 12.3. The maximum atomic E-state index is 12.5. The van der Waals surface area contributed by atoms with Crippen LogP contribution in [0.4, 0.5) is 17.1 Å². The van der Waals surface area contributed by atoms with Crippen molar-refractivity contribution in [3.05, 3.63) is 73.3 Å². The van der Waals surface area contributed by atoms with Crippen molar-refractivity contribution in [1.29, 1.82) is 0 Å². The van der Waals surface area contributed by atoms with Gasteiger partial charge in [-0.15, -0.1) is 0 Å². The monoisotopic (exact) mass is 557 g/mol. The molecule has 1 saturated heterocycles. The summed E-state index contributed by atoms with van der Waals surface area (Å²) < 4.78 is 16.3. The number of methoxy groups -OCH3 is 1. The average Bonchev–Trinajstić information content (AvgIpc) is 2.91. The maximum absolute atomic E-state index is 12.5. The summed E-state index contributed by atoms with van der Waals surface area (Å²) in [5.74, 6) is -0.833. The Morgan fingerprint density at radius 1 is 1.26 bits per heavy atom. The minimum Gasteiger partial charge on any atom is -0.493 e. The van der Waals surface area contributed by atoms with Gasteiger partial charge in [0.1, 0.15) is 5.82 Å². The van der Waals surface area contributed by atoms with Crippen LogP contribution in [0.2, 0.25) is 5.02 Å². The fourth-order valence-electron chi connectivity index (χ4n) is 3.78. The molecule has 0 aliphatic carbocycles. The summed E-state index contributed by atoms with van der Waals surface area (Å²) in [7, 11) is 1.43. The summed E-state index contributed by atoms with van der Waals surface area (Å²) in [5, 5.41) is 23.7. The van der Waals surface area contributed by atoms with Crippen LogP contribution in [-0.4, -0.2) is 65.9 Å². The van der Waals surface area contributed by atoms with E-state index in [2.05, 4.69) is 20.2 Å². The third-order valence-electron chi connectivity index (χ3n) is 5.64. The molecule has 0 unspecified atom stereocenters. The summed E-state index contributed by atoms with van der Waals surface area (Å²) in [4.78, 5) is 42.0. The molecule has 0 saturated carbocycles. The molecule has 2 aromatic carbocycles. The van der Waals surface area contributed by atoms with Gasteiger partial charge in [0.2, 0.25) is 0 Å². The Labute approximate surface area is 226 Å². The van der Waals surface area contributed by atoms with E-state index in [1.54, 1.807) is 30.3 Å². The number of hydrogen-bond acceptors (Lipinski definition) is 10. The number of amides is 1. The minimum atomic E-state index is -1.08. The van der Waals surface area contributed by atoms with Crippen molar-refractivity contribution in [3.8, 4) is 17.4 Å². The number of carbonyl (C=O) groups excluding carboxylic acids is 1. The van der Waals surface area contributed by atoms with Gasteiger partial charge in [0, 0.05) is 18.8 Å². The number of aromatic amines is 1. The zero-order chi connectivity index (χ0) is 27.9. The number of hydrogen-bond donors (Lipinski definition) is 3. The van der Waals surface area contributed by atoms with Crippen LogP contribution in [0.5, 0.6) is 17.4 Å². The van der Waals surface area contributed by atoms with Crippen LogP contribution in [0.15, 0.2) is 41.2 Å². The number of aromatic hydroxyl groups is 1. The molecule has 1 fully saturated rings. The topological polar surface area (TPSA) is 169 Å². The Bertz CT molecular complexity index is 1470. The summed E-state index contributed by atoms with van der Waals surface area (Å²) in [6.07, 6.45) is 2.88. The number of aromatic nitrogens is 2. The van der Waals surface area contributed by atoms with Crippen molar-refractivity contribution < 1.29 is 29.0 Å². The smallest absolute Gasteiger partial charge is 0.395 e. The highest BCUT2D eigenvalue weighted by molar-refractivity contribution is 6.33. The van der Waals surface area contributed by atoms with E-state index >= 15 is 0 Å². The van der Waals surface area contributed by atoms with Crippen molar-refractivity contribution in [2.75, 3.05) is 50.2 Å². The SMILES string of the molecule is COc1cc(/C=C/c2nc(O)c([N+](=O)[O-])c(=O)[nH]2)ccc1OCC(=O)Nc1ccc(N2CCOCC2)c(Cl)c1. The van der Waals surface area contributed by atoms with Gasteiger partial charge in [0.25, 0.3) is 11.8 Å². The van der Waals surface area contributed by atoms with Crippen molar-refractivity contribution in [1.82, 2.24) is 9.97 Å². The highest BCUT2D eigenvalue weighted by atomic mass is 35.5. The van der Waals surface area contributed by atoms with Crippen LogP contribution >= 0.6 is 11.6 Å². The molecule has 204 valence electrons. The van der Waals surface area contributed by atoms with E-state index in [4.69, 9.17) is 25.8 Å². The van der Waals surface area contributed by atoms with Crippen LogP contribution in [0.3, 0.4) is 0 Å². The Kier molecular flexibility index (Phi) is 8.63. The predicted octanol–water partition coefficient (Wildman–Crippen LogP) is 3.07. The van der Waals surface area contributed by atoms with Gasteiger partial charge in [-0.1, -0.05) is 23.7 Å². The van der Waals surface area contributed by atoms with E-state index in [9.17, 15) is 24.8 Å². The molecule has 3 N–H and O–H groups in total. The van der Waals surface area contributed by atoms with Gasteiger partial charge in [-0.2, -0.15) is 4.98 Å². The van der Waals surface area contributed by atoms with E-state index < -0.39 is 28.0 Å². The lowest BCUT2D eigenvalue weighted by molar-refractivity contribution is -0.387. The molecule has 2 heterocycles. The Morgan fingerprint density at radius 2 is 2.03 bits per heavy atom. The molecule has 39 heavy (non-hydrogen) atoms. The number of carbonyl (C=O) groups is 1. The fraction of sp³-hybridized carbons (Fsp3) is 0.240. The number of nitro groups is 1. The summed E-state index contributed by atoms with van der Waals surface area (Å²) in [5.41, 5.74) is -0.115. The molecule has 0 atom stereocenters. The number of morpholine rings is 1. The number of halogens is 1. The van der Waals surface area contributed by atoms with Gasteiger partial charge in [-0.25, -0.2) is 0 Å². The third kappa shape index (κ3) is 6.83. The Hall–Kier alpha value is -4.62. The number of nitrogens with one attached hydrogen (secondary N) is 2. The first-order chi connectivity index (χ1) is 18.7. The number of anilines is 2. The van der Waals surface area contributed by atoms with Crippen molar-refractivity contribution in [2.24, 2.45) is 0 Å².